The zero-order chi connectivity index (χ0) is 7.40. The Morgan fingerprint density at radius 2 is 2.60 bits per heavy atom. The molecule has 0 saturated carbocycles. The first-order valence-electron chi connectivity index (χ1n) is 3.16. The molecule has 1 rings (SSSR count). The highest BCUT2D eigenvalue weighted by Crippen LogP contribution is 2.16. The number of nitrogens with one attached hydrogen (secondary N) is 1. The van der Waals surface area contributed by atoms with Crippen molar-refractivity contribution in [3.8, 4) is 0 Å². The van der Waals surface area contributed by atoms with Gasteiger partial charge in [0, 0.05) is 11.9 Å². The van der Waals surface area contributed by atoms with E-state index in [2.05, 4.69) is 32.8 Å². The maximum Gasteiger partial charge on any atom is 0.166 e. The molecule has 1 aromatic rings. The summed E-state index contributed by atoms with van der Waals surface area (Å²) in [6.07, 6.45) is 3.03. The lowest BCUT2D eigenvalue weighted by atomic mass is 10.6. The molecule has 0 spiro atoms. The Bertz CT molecular complexity index is 199. The standard InChI is InChI=1S/C6H9BrN2S/c1-2-3-10-6-8-4-5(7)9-6/h4H,2-3H2,1H3,(H,8,9). The summed E-state index contributed by atoms with van der Waals surface area (Å²) in [6, 6.07) is 0. The first-order valence-corrected chi connectivity index (χ1v) is 4.94. The summed E-state index contributed by atoms with van der Waals surface area (Å²) in [5.74, 6) is 1.12. The highest BCUT2D eigenvalue weighted by molar-refractivity contribution is 9.10. The van der Waals surface area contributed by atoms with Gasteiger partial charge in [0.25, 0.3) is 0 Å². The van der Waals surface area contributed by atoms with Gasteiger partial charge in [0.05, 0.1) is 0 Å². The molecule has 1 aromatic heterocycles. The van der Waals surface area contributed by atoms with Crippen molar-refractivity contribution in [2.24, 2.45) is 0 Å². The van der Waals surface area contributed by atoms with Gasteiger partial charge in [-0.25, -0.2) is 4.98 Å². The molecule has 0 aliphatic carbocycles. The van der Waals surface area contributed by atoms with Crippen molar-refractivity contribution in [3.05, 3.63) is 10.8 Å². The zero-order valence-corrected chi connectivity index (χ0v) is 8.13. The van der Waals surface area contributed by atoms with E-state index in [1.807, 2.05) is 6.20 Å². The molecule has 0 amide bonds. The quantitative estimate of drug-likeness (QED) is 0.795. The molecular formula is C6H9BrN2S. The number of thioether (sulfide) groups is 1. The Balaban J connectivity index is 2.42. The summed E-state index contributed by atoms with van der Waals surface area (Å²) in [7, 11) is 0. The second-order valence-electron chi connectivity index (χ2n) is 1.88. The molecule has 0 unspecified atom stereocenters. The molecule has 4 heteroatoms. The van der Waals surface area contributed by atoms with Gasteiger partial charge in [0.2, 0.25) is 0 Å². The van der Waals surface area contributed by atoms with Crippen molar-refractivity contribution < 1.29 is 0 Å². The van der Waals surface area contributed by atoms with Crippen LogP contribution < -0.4 is 0 Å². The van der Waals surface area contributed by atoms with Crippen LogP contribution in [0.3, 0.4) is 0 Å². The SMILES string of the molecule is CCCSc1nc(Br)c[nH]1. The van der Waals surface area contributed by atoms with Crippen LogP contribution in [-0.2, 0) is 0 Å². The fourth-order valence-corrected chi connectivity index (χ4v) is 1.67. The summed E-state index contributed by atoms with van der Waals surface area (Å²) < 4.78 is 0.881. The van der Waals surface area contributed by atoms with Crippen LogP contribution in [0.5, 0.6) is 0 Å². The van der Waals surface area contributed by atoms with Gasteiger partial charge in [-0.2, -0.15) is 0 Å². The molecule has 0 aliphatic rings. The summed E-state index contributed by atoms with van der Waals surface area (Å²) in [4.78, 5) is 7.22. The second-order valence-corrected chi connectivity index (χ2v) is 3.77. The van der Waals surface area contributed by atoms with E-state index < -0.39 is 0 Å². The van der Waals surface area contributed by atoms with Crippen LogP contribution in [-0.4, -0.2) is 15.7 Å². The highest BCUT2D eigenvalue weighted by atomic mass is 79.9. The van der Waals surface area contributed by atoms with Crippen molar-refractivity contribution in [2.75, 3.05) is 5.75 Å². The molecule has 0 saturated heterocycles. The fourth-order valence-electron chi connectivity index (χ4n) is 0.556. The van der Waals surface area contributed by atoms with Crippen molar-refractivity contribution in [3.63, 3.8) is 0 Å². The Morgan fingerprint density at radius 1 is 1.80 bits per heavy atom. The van der Waals surface area contributed by atoms with Crippen LogP contribution in [0.25, 0.3) is 0 Å². The Hall–Kier alpha value is 0.0400. The summed E-state index contributed by atoms with van der Waals surface area (Å²) in [6.45, 7) is 2.16. The number of H-pyrrole nitrogens is 1. The molecule has 0 radical (unpaired) electrons. The van der Waals surface area contributed by atoms with Crippen molar-refractivity contribution >= 4 is 27.7 Å². The first kappa shape index (κ1) is 8.14. The van der Waals surface area contributed by atoms with Gasteiger partial charge in [-0.3, -0.25) is 0 Å². The van der Waals surface area contributed by atoms with E-state index in [4.69, 9.17) is 0 Å². The number of aromatic nitrogens is 2. The van der Waals surface area contributed by atoms with Crippen LogP contribution in [0.1, 0.15) is 13.3 Å². The van der Waals surface area contributed by atoms with E-state index in [9.17, 15) is 0 Å². The van der Waals surface area contributed by atoms with E-state index in [-0.39, 0.29) is 0 Å². The second kappa shape index (κ2) is 4.03. The molecule has 0 aliphatic heterocycles. The largest absolute Gasteiger partial charge is 0.338 e. The van der Waals surface area contributed by atoms with Gasteiger partial charge in [-0.1, -0.05) is 18.7 Å². The van der Waals surface area contributed by atoms with E-state index in [1.165, 1.54) is 6.42 Å². The topological polar surface area (TPSA) is 28.7 Å². The van der Waals surface area contributed by atoms with Crippen molar-refractivity contribution in [1.82, 2.24) is 9.97 Å². The van der Waals surface area contributed by atoms with E-state index in [0.717, 1.165) is 15.5 Å². The Kier molecular flexibility index (Phi) is 3.28. The van der Waals surface area contributed by atoms with Crippen LogP contribution in [0.4, 0.5) is 0 Å². The number of hydrogen-bond donors (Lipinski definition) is 1. The highest BCUT2D eigenvalue weighted by Gasteiger charge is 1.96. The first-order chi connectivity index (χ1) is 4.83. The number of imidazole rings is 1. The minimum atomic E-state index is 0.881. The number of hydrogen-bond acceptors (Lipinski definition) is 2. The van der Waals surface area contributed by atoms with Crippen LogP contribution in [0, 0.1) is 0 Å². The lowest BCUT2D eigenvalue weighted by Crippen LogP contribution is -1.76. The molecule has 10 heavy (non-hydrogen) atoms. The lowest BCUT2D eigenvalue weighted by molar-refractivity contribution is 1.03. The predicted molar refractivity (Wildman–Crippen MR) is 47.3 cm³/mol. The fraction of sp³-hybridized carbons (Fsp3) is 0.500. The zero-order valence-electron chi connectivity index (χ0n) is 5.72. The minimum absolute atomic E-state index is 0.881. The number of rotatable bonds is 3. The third kappa shape index (κ3) is 2.34. The van der Waals surface area contributed by atoms with Crippen LogP contribution in [0.15, 0.2) is 16.0 Å². The number of halogens is 1. The van der Waals surface area contributed by atoms with E-state index in [1.54, 1.807) is 11.8 Å². The molecular weight excluding hydrogens is 212 g/mol. The molecule has 1 N–H and O–H groups in total. The smallest absolute Gasteiger partial charge is 0.166 e. The average molecular weight is 221 g/mol. The minimum Gasteiger partial charge on any atom is -0.338 e. The number of aromatic amines is 1. The lowest BCUT2D eigenvalue weighted by Gasteiger charge is -1.90. The average Bonchev–Trinajstić information content (AvgIpc) is 2.31. The van der Waals surface area contributed by atoms with E-state index in [0.29, 0.717) is 0 Å². The molecule has 0 fully saturated rings. The van der Waals surface area contributed by atoms with Gasteiger partial charge >= 0.3 is 0 Å². The molecule has 0 bridgehead atoms. The van der Waals surface area contributed by atoms with Crippen LogP contribution in [0.2, 0.25) is 0 Å². The number of nitrogens with zero attached hydrogens (tertiary/aromatic N) is 1. The summed E-state index contributed by atoms with van der Waals surface area (Å²) >= 11 is 5.01. The summed E-state index contributed by atoms with van der Waals surface area (Å²) in [5.41, 5.74) is 0. The van der Waals surface area contributed by atoms with Crippen LogP contribution >= 0.6 is 27.7 Å². The molecule has 0 aromatic carbocycles. The van der Waals surface area contributed by atoms with Gasteiger partial charge in [0.1, 0.15) is 4.60 Å². The van der Waals surface area contributed by atoms with Gasteiger partial charge in [-0.05, 0) is 22.4 Å². The normalized spacial score (nSPS) is 10.2. The maximum absolute atomic E-state index is 4.17. The van der Waals surface area contributed by atoms with Crippen molar-refractivity contribution in [1.29, 1.82) is 0 Å². The monoisotopic (exact) mass is 220 g/mol. The predicted octanol–water partition coefficient (Wildman–Crippen LogP) is 2.67. The molecule has 2 nitrogen and oxygen atoms in total. The maximum atomic E-state index is 4.17. The third-order valence-corrected chi connectivity index (χ3v) is 2.47. The van der Waals surface area contributed by atoms with E-state index >= 15 is 0 Å². The third-order valence-electron chi connectivity index (χ3n) is 0.966. The van der Waals surface area contributed by atoms with Gasteiger partial charge < -0.3 is 4.98 Å². The molecule has 56 valence electrons. The van der Waals surface area contributed by atoms with Crippen molar-refractivity contribution in [2.45, 2.75) is 18.5 Å². The van der Waals surface area contributed by atoms with Gasteiger partial charge in [-0.15, -0.1) is 0 Å². The van der Waals surface area contributed by atoms with Gasteiger partial charge in [0.15, 0.2) is 5.16 Å². The molecule has 0 atom stereocenters. The Labute approximate surface area is 72.9 Å². The summed E-state index contributed by atoms with van der Waals surface area (Å²) in [5, 5.41) is 0.994. The molecule has 1 heterocycles. The Morgan fingerprint density at radius 3 is 3.10 bits per heavy atom.